The summed E-state index contributed by atoms with van der Waals surface area (Å²) in [7, 11) is 1.80. The summed E-state index contributed by atoms with van der Waals surface area (Å²) in [5.74, 6) is 0.806. The van der Waals surface area contributed by atoms with Crippen molar-refractivity contribution in [3.8, 4) is 0 Å². The molecule has 0 saturated heterocycles. The largest absolute Gasteiger partial charge is 0.355 e. The van der Waals surface area contributed by atoms with Gasteiger partial charge in [0.15, 0.2) is 5.96 Å². The lowest BCUT2D eigenvalue weighted by molar-refractivity contribution is 0.215. The second-order valence-corrected chi connectivity index (χ2v) is 6.19. The normalized spacial score (nSPS) is 12.4. The lowest BCUT2D eigenvalue weighted by atomic mass is 10.0. The Balaban J connectivity index is 0.00000364. The molecule has 1 atom stereocenters. The number of nitrogens with one attached hydrogen (secondary N) is 2. The van der Waals surface area contributed by atoms with Crippen LogP contribution in [0.1, 0.15) is 25.1 Å². The Morgan fingerprint density at radius 1 is 1.04 bits per heavy atom. The number of rotatable bonds is 9. The van der Waals surface area contributed by atoms with Crippen LogP contribution in [0.2, 0.25) is 0 Å². The number of likely N-dealkylation sites (N-methyl/N-ethyl adjacent to an activating group) is 1. The summed E-state index contributed by atoms with van der Waals surface area (Å²) in [5, 5.41) is 6.82. The quantitative estimate of drug-likeness (QED) is 0.328. The Morgan fingerprint density at radius 3 is 2.33 bits per heavy atom. The van der Waals surface area contributed by atoms with Crippen molar-refractivity contribution in [2.24, 2.45) is 4.99 Å². The number of pyridine rings is 1. The molecule has 0 aliphatic heterocycles. The Labute approximate surface area is 180 Å². The number of nitrogens with zero attached hydrogens (tertiary/aromatic N) is 3. The van der Waals surface area contributed by atoms with Crippen molar-refractivity contribution in [3.05, 3.63) is 66.0 Å². The van der Waals surface area contributed by atoms with Crippen molar-refractivity contribution in [1.29, 1.82) is 0 Å². The molecule has 2 aromatic rings. The first kappa shape index (κ1) is 23.4. The highest BCUT2D eigenvalue weighted by atomic mass is 127. The molecule has 0 aliphatic rings. The van der Waals surface area contributed by atoms with Gasteiger partial charge in [0.1, 0.15) is 0 Å². The van der Waals surface area contributed by atoms with Gasteiger partial charge in [0.05, 0.1) is 12.2 Å². The average molecular weight is 481 g/mol. The van der Waals surface area contributed by atoms with Crippen molar-refractivity contribution >= 4 is 29.9 Å². The maximum absolute atomic E-state index is 4.34. The minimum Gasteiger partial charge on any atom is -0.355 e. The second-order valence-electron chi connectivity index (χ2n) is 6.19. The van der Waals surface area contributed by atoms with Gasteiger partial charge < -0.3 is 10.6 Å². The molecule has 0 saturated carbocycles. The molecule has 1 unspecified atom stereocenters. The van der Waals surface area contributed by atoms with Crippen LogP contribution in [0.3, 0.4) is 0 Å². The summed E-state index contributed by atoms with van der Waals surface area (Å²) in [4.78, 5) is 11.2. The molecule has 0 amide bonds. The molecule has 1 heterocycles. The molecule has 0 spiro atoms. The molecule has 0 aliphatic carbocycles. The maximum atomic E-state index is 4.34. The van der Waals surface area contributed by atoms with E-state index in [1.807, 2.05) is 24.4 Å². The Kier molecular flexibility index (Phi) is 11.7. The zero-order valence-electron chi connectivity index (χ0n) is 16.6. The first-order chi connectivity index (χ1) is 12.8. The summed E-state index contributed by atoms with van der Waals surface area (Å²) in [5.41, 5.74) is 2.36. The molecule has 0 bridgehead atoms. The zero-order valence-corrected chi connectivity index (χ0v) is 18.9. The molecule has 0 fully saturated rings. The SMILES string of the molecule is CCN(CC)C(CNC(=NC)NCc1ccccn1)Cc1ccccc1.I. The lowest BCUT2D eigenvalue weighted by Crippen LogP contribution is -2.48. The molecule has 5 nitrogen and oxygen atoms in total. The minimum absolute atomic E-state index is 0. The fourth-order valence-electron chi connectivity index (χ4n) is 3.07. The average Bonchev–Trinajstić information content (AvgIpc) is 2.70. The topological polar surface area (TPSA) is 52.5 Å². The zero-order chi connectivity index (χ0) is 18.6. The summed E-state index contributed by atoms with van der Waals surface area (Å²) in [6.07, 6.45) is 2.83. The molecule has 27 heavy (non-hydrogen) atoms. The molecular weight excluding hydrogens is 449 g/mol. The van der Waals surface area contributed by atoms with Crippen LogP contribution in [0.5, 0.6) is 0 Å². The third kappa shape index (κ3) is 8.26. The smallest absolute Gasteiger partial charge is 0.191 e. The van der Waals surface area contributed by atoms with Gasteiger partial charge in [-0.1, -0.05) is 50.2 Å². The molecule has 0 radical (unpaired) electrons. The van der Waals surface area contributed by atoms with E-state index < -0.39 is 0 Å². The fraction of sp³-hybridized carbons (Fsp3) is 0.429. The number of aromatic nitrogens is 1. The third-order valence-corrected chi connectivity index (χ3v) is 4.53. The first-order valence-electron chi connectivity index (χ1n) is 9.39. The van der Waals surface area contributed by atoms with E-state index in [1.54, 1.807) is 7.05 Å². The van der Waals surface area contributed by atoms with Gasteiger partial charge in [-0.05, 0) is 37.2 Å². The molecule has 1 aromatic heterocycles. The van der Waals surface area contributed by atoms with E-state index in [4.69, 9.17) is 0 Å². The number of benzene rings is 1. The van der Waals surface area contributed by atoms with Gasteiger partial charge in [-0.15, -0.1) is 24.0 Å². The maximum Gasteiger partial charge on any atom is 0.191 e. The van der Waals surface area contributed by atoms with Crippen LogP contribution < -0.4 is 10.6 Å². The molecular formula is C21H32IN5. The summed E-state index contributed by atoms with van der Waals surface area (Å²) >= 11 is 0. The van der Waals surface area contributed by atoms with E-state index in [-0.39, 0.29) is 24.0 Å². The van der Waals surface area contributed by atoms with Gasteiger partial charge in [-0.2, -0.15) is 0 Å². The van der Waals surface area contributed by atoms with Crippen LogP contribution in [-0.2, 0) is 13.0 Å². The predicted molar refractivity (Wildman–Crippen MR) is 125 cm³/mol. The highest BCUT2D eigenvalue weighted by Gasteiger charge is 2.16. The summed E-state index contributed by atoms with van der Waals surface area (Å²) in [6.45, 7) is 8.02. The van der Waals surface area contributed by atoms with Gasteiger partial charge in [0, 0.05) is 25.8 Å². The molecule has 148 valence electrons. The van der Waals surface area contributed by atoms with Crippen LogP contribution in [0.25, 0.3) is 0 Å². The molecule has 6 heteroatoms. The second kappa shape index (κ2) is 13.5. The number of hydrogen-bond acceptors (Lipinski definition) is 3. The van der Waals surface area contributed by atoms with Crippen LogP contribution in [0.4, 0.5) is 0 Å². The van der Waals surface area contributed by atoms with Gasteiger partial charge in [0.25, 0.3) is 0 Å². The monoisotopic (exact) mass is 481 g/mol. The van der Waals surface area contributed by atoms with Crippen LogP contribution >= 0.6 is 24.0 Å². The van der Waals surface area contributed by atoms with E-state index in [1.165, 1.54) is 5.56 Å². The summed E-state index contributed by atoms with van der Waals surface area (Å²) < 4.78 is 0. The van der Waals surface area contributed by atoms with Crippen molar-refractivity contribution in [3.63, 3.8) is 0 Å². The number of halogens is 1. The van der Waals surface area contributed by atoms with Crippen LogP contribution in [-0.4, -0.2) is 48.6 Å². The number of guanidine groups is 1. The van der Waals surface area contributed by atoms with Crippen molar-refractivity contribution in [2.45, 2.75) is 32.9 Å². The van der Waals surface area contributed by atoms with Crippen molar-refractivity contribution in [1.82, 2.24) is 20.5 Å². The molecule has 2 rings (SSSR count). The van der Waals surface area contributed by atoms with Crippen molar-refractivity contribution < 1.29 is 0 Å². The van der Waals surface area contributed by atoms with Crippen LogP contribution in [0, 0.1) is 0 Å². The third-order valence-electron chi connectivity index (χ3n) is 4.53. The Hall–Kier alpha value is -1.67. The van der Waals surface area contributed by atoms with E-state index in [0.717, 1.165) is 37.7 Å². The van der Waals surface area contributed by atoms with Crippen molar-refractivity contribution in [2.75, 3.05) is 26.7 Å². The predicted octanol–water partition coefficient (Wildman–Crippen LogP) is 3.32. The van der Waals surface area contributed by atoms with E-state index in [2.05, 4.69) is 69.7 Å². The number of aliphatic imine (C=N–C) groups is 1. The van der Waals surface area contributed by atoms with Crippen LogP contribution in [0.15, 0.2) is 59.7 Å². The van der Waals surface area contributed by atoms with E-state index in [0.29, 0.717) is 12.6 Å². The van der Waals surface area contributed by atoms with Gasteiger partial charge in [0.2, 0.25) is 0 Å². The Bertz CT molecular complexity index is 644. The van der Waals surface area contributed by atoms with E-state index in [9.17, 15) is 0 Å². The highest BCUT2D eigenvalue weighted by molar-refractivity contribution is 14.0. The van der Waals surface area contributed by atoms with Gasteiger partial charge in [-0.3, -0.25) is 14.9 Å². The highest BCUT2D eigenvalue weighted by Crippen LogP contribution is 2.08. The first-order valence-corrected chi connectivity index (χ1v) is 9.39. The molecule has 2 N–H and O–H groups in total. The number of hydrogen-bond donors (Lipinski definition) is 2. The fourth-order valence-corrected chi connectivity index (χ4v) is 3.07. The standard InChI is InChI=1S/C21H31N5.HI/c1-4-26(5-2)20(15-18-11-7-6-8-12-18)17-25-21(22-3)24-16-19-13-9-10-14-23-19;/h6-14,20H,4-5,15-17H2,1-3H3,(H2,22,24,25);1H. The Morgan fingerprint density at radius 2 is 1.74 bits per heavy atom. The van der Waals surface area contributed by atoms with Gasteiger partial charge in [-0.25, -0.2) is 0 Å². The van der Waals surface area contributed by atoms with Gasteiger partial charge >= 0.3 is 0 Å². The lowest BCUT2D eigenvalue weighted by Gasteiger charge is -2.30. The molecule has 1 aromatic carbocycles. The minimum atomic E-state index is 0. The summed E-state index contributed by atoms with van der Waals surface area (Å²) in [6, 6.07) is 17.0. The van der Waals surface area contributed by atoms with E-state index >= 15 is 0 Å².